The highest BCUT2D eigenvalue weighted by Crippen LogP contribution is 2.42. The van der Waals surface area contributed by atoms with Crippen LogP contribution >= 0.6 is 0 Å². The van der Waals surface area contributed by atoms with Crippen LogP contribution in [0.25, 0.3) is 0 Å². The number of aliphatic carboxylic acids is 1. The van der Waals surface area contributed by atoms with Crippen LogP contribution in [0.5, 0.6) is 0 Å². The minimum atomic E-state index is -1.04. The topological polar surface area (TPSA) is 78.9 Å². The quantitative estimate of drug-likeness (QED) is 0.694. The van der Waals surface area contributed by atoms with Gasteiger partial charge in [0.05, 0.1) is 6.10 Å². The SMILES string of the molecule is C=CCN(CC(=O)O)C(=O)NC1CC(OCC)C1(C)C. The number of urea groups is 1. The number of hydrogen-bond acceptors (Lipinski definition) is 3. The van der Waals surface area contributed by atoms with Crippen molar-refractivity contribution in [3.63, 3.8) is 0 Å². The molecule has 2 unspecified atom stereocenters. The molecule has 0 heterocycles. The van der Waals surface area contributed by atoms with Gasteiger partial charge in [0.15, 0.2) is 0 Å². The molecule has 6 nitrogen and oxygen atoms in total. The second-order valence-electron chi connectivity index (χ2n) is 5.57. The molecule has 6 heteroatoms. The highest BCUT2D eigenvalue weighted by atomic mass is 16.5. The first-order valence-electron chi connectivity index (χ1n) is 6.82. The molecule has 1 rings (SSSR count). The monoisotopic (exact) mass is 284 g/mol. The molecule has 0 saturated heterocycles. The molecule has 0 spiro atoms. The molecule has 1 fully saturated rings. The molecular weight excluding hydrogens is 260 g/mol. The normalized spacial score (nSPS) is 23.6. The Morgan fingerprint density at radius 2 is 2.20 bits per heavy atom. The summed E-state index contributed by atoms with van der Waals surface area (Å²) < 4.78 is 5.60. The summed E-state index contributed by atoms with van der Waals surface area (Å²) in [6.45, 7) is 10.1. The van der Waals surface area contributed by atoms with Crippen LogP contribution in [-0.4, -0.2) is 53.8 Å². The standard InChI is InChI=1S/C14H24N2O4/c1-5-7-16(9-12(17)18)13(19)15-10-8-11(20-6-2)14(10,3)4/h5,10-11H,1,6-9H2,2-4H3,(H,15,19)(H,17,18). The molecule has 0 radical (unpaired) electrons. The van der Waals surface area contributed by atoms with Crippen molar-refractivity contribution >= 4 is 12.0 Å². The van der Waals surface area contributed by atoms with Gasteiger partial charge in [-0.2, -0.15) is 0 Å². The maximum Gasteiger partial charge on any atom is 0.323 e. The first kappa shape index (κ1) is 16.5. The molecule has 0 aliphatic heterocycles. The number of carbonyl (C=O) groups excluding carboxylic acids is 1. The van der Waals surface area contributed by atoms with E-state index < -0.39 is 5.97 Å². The van der Waals surface area contributed by atoms with E-state index in [-0.39, 0.29) is 36.7 Å². The molecule has 0 bridgehead atoms. The lowest BCUT2D eigenvalue weighted by Gasteiger charge is -2.51. The van der Waals surface area contributed by atoms with Crippen molar-refractivity contribution < 1.29 is 19.4 Å². The van der Waals surface area contributed by atoms with Crippen molar-refractivity contribution in [1.82, 2.24) is 10.2 Å². The Kier molecular flexibility index (Phi) is 5.56. The van der Waals surface area contributed by atoms with Gasteiger partial charge in [-0.15, -0.1) is 6.58 Å². The summed E-state index contributed by atoms with van der Waals surface area (Å²) in [6, 6.07) is -0.381. The molecule has 2 atom stereocenters. The van der Waals surface area contributed by atoms with Gasteiger partial charge in [0.2, 0.25) is 0 Å². The van der Waals surface area contributed by atoms with Crippen molar-refractivity contribution in [1.29, 1.82) is 0 Å². The predicted molar refractivity (Wildman–Crippen MR) is 75.5 cm³/mol. The zero-order valence-corrected chi connectivity index (χ0v) is 12.4. The lowest BCUT2D eigenvalue weighted by atomic mass is 9.64. The lowest BCUT2D eigenvalue weighted by Crippen LogP contribution is -2.63. The van der Waals surface area contributed by atoms with E-state index in [2.05, 4.69) is 11.9 Å². The minimum absolute atomic E-state index is 0.00680. The van der Waals surface area contributed by atoms with E-state index in [0.717, 1.165) is 6.42 Å². The van der Waals surface area contributed by atoms with Gasteiger partial charge in [0.25, 0.3) is 0 Å². The molecule has 2 amide bonds. The van der Waals surface area contributed by atoms with Gasteiger partial charge in [-0.25, -0.2) is 4.79 Å². The van der Waals surface area contributed by atoms with Crippen molar-refractivity contribution in [3.8, 4) is 0 Å². The summed E-state index contributed by atoms with van der Waals surface area (Å²) >= 11 is 0. The molecule has 0 aromatic rings. The van der Waals surface area contributed by atoms with Crippen molar-refractivity contribution in [2.24, 2.45) is 5.41 Å². The third-order valence-electron chi connectivity index (χ3n) is 3.81. The first-order valence-corrected chi connectivity index (χ1v) is 6.82. The second-order valence-corrected chi connectivity index (χ2v) is 5.57. The summed E-state index contributed by atoms with van der Waals surface area (Å²) in [5.41, 5.74) is -0.144. The van der Waals surface area contributed by atoms with Gasteiger partial charge in [-0.3, -0.25) is 4.79 Å². The molecule has 1 aliphatic rings. The number of amides is 2. The van der Waals surface area contributed by atoms with E-state index in [0.29, 0.717) is 6.61 Å². The molecule has 20 heavy (non-hydrogen) atoms. The van der Waals surface area contributed by atoms with E-state index in [4.69, 9.17) is 9.84 Å². The minimum Gasteiger partial charge on any atom is -0.480 e. The van der Waals surface area contributed by atoms with Crippen LogP contribution in [0.3, 0.4) is 0 Å². The largest absolute Gasteiger partial charge is 0.480 e. The molecule has 0 aromatic heterocycles. The van der Waals surface area contributed by atoms with Gasteiger partial charge >= 0.3 is 12.0 Å². The number of carbonyl (C=O) groups is 2. The third kappa shape index (κ3) is 3.72. The molecule has 1 saturated carbocycles. The van der Waals surface area contributed by atoms with Crippen LogP contribution in [0.1, 0.15) is 27.2 Å². The Labute approximate surface area is 119 Å². The fourth-order valence-electron chi connectivity index (χ4n) is 2.39. The summed E-state index contributed by atoms with van der Waals surface area (Å²) in [4.78, 5) is 24.1. The number of ether oxygens (including phenoxy) is 1. The average molecular weight is 284 g/mol. The van der Waals surface area contributed by atoms with Crippen LogP contribution in [-0.2, 0) is 9.53 Å². The van der Waals surface area contributed by atoms with Gasteiger partial charge in [-0.05, 0) is 13.3 Å². The highest BCUT2D eigenvalue weighted by molar-refractivity contribution is 5.80. The number of nitrogens with zero attached hydrogens (tertiary/aromatic N) is 1. The lowest BCUT2D eigenvalue weighted by molar-refractivity contribution is -0.137. The van der Waals surface area contributed by atoms with Gasteiger partial charge in [0, 0.05) is 24.6 Å². The van der Waals surface area contributed by atoms with Crippen molar-refractivity contribution in [3.05, 3.63) is 12.7 Å². The number of carboxylic acids is 1. The van der Waals surface area contributed by atoms with Crippen molar-refractivity contribution in [2.75, 3.05) is 19.7 Å². The first-order chi connectivity index (χ1) is 9.32. The zero-order valence-electron chi connectivity index (χ0n) is 12.4. The smallest absolute Gasteiger partial charge is 0.323 e. The van der Waals surface area contributed by atoms with Crippen molar-refractivity contribution in [2.45, 2.75) is 39.3 Å². The van der Waals surface area contributed by atoms with E-state index in [1.165, 1.54) is 11.0 Å². The predicted octanol–water partition coefficient (Wildman–Crippen LogP) is 1.47. The number of nitrogens with one attached hydrogen (secondary N) is 1. The number of hydrogen-bond donors (Lipinski definition) is 2. The fraction of sp³-hybridized carbons (Fsp3) is 0.714. The van der Waals surface area contributed by atoms with E-state index in [1.54, 1.807) is 0 Å². The van der Waals surface area contributed by atoms with E-state index in [1.807, 2.05) is 20.8 Å². The number of carboxylic acid groups (broad SMARTS) is 1. The maximum absolute atomic E-state index is 12.1. The van der Waals surface area contributed by atoms with Gasteiger partial charge < -0.3 is 20.1 Å². The highest BCUT2D eigenvalue weighted by Gasteiger charge is 2.49. The fourth-order valence-corrected chi connectivity index (χ4v) is 2.39. The third-order valence-corrected chi connectivity index (χ3v) is 3.81. The Balaban J connectivity index is 2.57. The Hall–Kier alpha value is -1.56. The van der Waals surface area contributed by atoms with Crippen LogP contribution < -0.4 is 5.32 Å². The van der Waals surface area contributed by atoms with Crippen LogP contribution in [0, 0.1) is 5.41 Å². The average Bonchev–Trinajstić information content (AvgIpc) is 2.36. The van der Waals surface area contributed by atoms with Gasteiger partial charge in [-0.1, -0.05) is 19.9 Å². The Bertz CT molecular complexity index is 381. The van der Waals surface area contributed by atoms with Crippen LogP contribution in [0.2, 0.25) is 0 Å². The second kappa shape index (κ2) is 6.74. The molecule has 114 valence electrons. The summed E-state index contributed by atoms with van der Waals surface area (Å²) in [5.74, 6) is -1.04. The molecule has 0 aromatic carbocycles. The summed E-state index contributed by atoms with van der Waals surface area (Å²) in [5, 5.41) is 11.7. The summed E-state index contributed by atoms with van der Waals surface area (Å²) in [6.07, 6.45) is 2.39. The zero-order chi connectivity index (χ0) is 15.3. The maximum atomic E-state index is 12.1. The van der Waals surface area contributed by atoms with Gasteiger partial charge in [0.1, 0.15) is 6.54 Å². The number of rotatable bonds is 7. The molecule has 1 aliphatic carbocycles. The van der Waals surface area contributed by atoms with E-state index >= 15 is 0 Å². The Morgan fingerprint density at radius 3 is 2.65 bits per heavy atom. The molecule has 2 N–H and O–H groups in total. The van der Waals surface area contributed by atoms with Crippen LogP contribution in [0.4, 0.5) is 4.79 Å². The summed E-state index contributed by atoms with van der Waals surface area (Å²) in [7, 11) is 0. The van der Waals surface area contributed by atoms with Crippen LogP contribution in [0.15, 0.2) is 12.7 Å². The molecular formula is C14H24N2O4. The Morgan fingerprint density at radius 1 is 1.55 bits per heavy atom. The van der Waals surface area contributed by atoms with E-state index in [9.17, 15) is 9.59 Å².